The van der Waals surface area contributed by atoms with Gasteiger partial charge in [-0.25, -0.2) is 0 Å². The van der Waals surface area contributed by atoms with E-state index in [-0.39, 0.29) is 5.91 Å². The van der Waals surface area contributed by atoms with E-state index in [1.807, 2.05) is 22.4 Å². The first-order chi connectivity index (χ1) is 11.3. The molecule has 116 valence electrons. The molecule has 1 amide bonds. The third-order valence-corrected chi connectivity index (χ3v) is 5.73. The minimum Gasteiger partial charge on any atom is -0.339 e. The van der Waals surface area contributed by atoms with Crippen LogP contribution in [0.25, 0.3) is 10.1 Å². The molecule has 1 fully saturated rings. The smallest absolute Gasteiger partial charge is 0.255 e. The van der Waals surface area contributed by atoms with Crippen molar-refractivity contribution in [2.24, 2.45) is 0 Å². The van der Waals surface area contributed by atoms with Gasteiger partial charge in [-0.1, -0.05) is 48.5 Å². The maximum absolute atomic E-state index is 12.9. The summed E-state index contributed by atoms with van der Waals surface area (Å²) in [5.41, 5.74) is 2.27. The van der Waals surface area contributed by atoms with Gasteiger partial charge in [-0.2, -0.15) is 0 Å². The number of likely N-dealkylation sites (tertiary alicyclic amines) is 1. The van der Waals surface area contributed by atoms with Crippen LogP contribution in [0.1, 0.15) is 34.7 Å². The average Bonchev–Trinajstić information content (AvgIpc) is 3.06. The van der Waals surface area contributed by atoms with Crippen LogP contribution in [0.2, 0.25) is 0 Å². The van der Waals surface area contributed by atoms with Gasteiger partial charge in [-0.15, -0.1) is 11.3 Å². The summed E-state index contributed by atoms with van der Waals surface area (Å²) in [4.78, 5) is 14.9. The van der Waals surface area contributed by atoms with Crippen LogP contribution >= 0.6 is 11.3 Å². The van der Waals surface area contributed by atoms with E-state index in [1.165, 1.54) is 10.3 Å². The highest BCUT2D eigenvalue weighted by molar-refractivity contribution is 7.17. The first-order valence-electron chi connectivity index (χ1n) is 8.13. The van der Waals surface area contributed by atoms with Gasteiger partial charge in [0.1, 0.15) is 0 Å². The number of rotatable bonds is 2. The summed E-state index contributed by atoms with van der Waals surface area (Å²) in [5, 5.41) is 3.10. The minimum absolute atomic E-state index is 0.189. The molecule has 1 aliphatic rings. The molecule has 1 aliphatic heterocycles. The molecule has 3 heteroatoms. The fourth-order valence-corrected chi connectivity index (χ4v) is 4.39. The number of hydrogen-bond acceptors (Lipinski definition) is 2. The molecule has 1 aromatic heterocycles. The zero-order chi connectivity index (χ0) is 15.6. The molecule has 1 saturated heterocycles. The normalized spacial score (nSPS) is 15.9. The summed E-state index contributed by atoms with van der Waals surface area (Å²) in [6.07, 6.45) is 2.11. The van der Waals surface area contributed by atoms with E-state index in [0.717, 1.165) is 36.9 Å². The first kappa shape index (κ1) is 14.5. The number of benzene rings is 2. The third kappa shape index (κ3) is 2.77. The lowest BCUT2D eigenvalue weighted by Crippen LogP contribution is -2.37. The number of amides is 1. The molecule has 2 nitrogen and oxygen atoms in total. The van der Waals surface area contributed by atoms with Gasteiger partial charge in [0.25, 0.3) is 5.91 Å². The molecule has 0 radical (unpaired) electrons. The summed E-state index contributed by atoms with van der Waals surface area (Å²) in [7, 11) is 0. The van der Waals surface area contributed by atoms with Crippen LogP contribution in [0.3, 0.4) is 0 Å². The molecular formula is C20H19NOS. The molecule has 0 aliphatic carbocycles. The van der Waals surface area contributed by atoms with Crippen molar-refractivity contribution in [3.05, 3.63) is 71.1 Å². The Kier molecular flexibility index (Phi) is 3.88. The van der Waals surface area contributed by atoms with Gasteiger partial charge >= 0.3 is 0 Å². The van der Waals surface area contributed by atoms with E-state index in [0.29, 0.717) is 5.92 Å². The highest BCUT2D eigenvalue weighted by Crippen LogP contribution is 2.31. The Morgan fingerprint density at radius 3 is 2.43 bits per heavy atom. The van der Waals surface area contributed by atoms with Crippen molar-refractivity contribution in [3.63, 3.8) is 0 Å². The Morgan fingerprint density at radius 2 is 1.65 bits per heavy atom. The fraction of sp³-hybridized carbons (Fsp3) is 0.250. The highest BCUT2D eigenvalue weighted by atomic mass is 32.1. The van der Waals surface area contributed by atoms with Gasteiger partial charge < -0.3 is 4.90 Å². The Morgan fingerprint density at radius 1 is 0.957 bits per heavy atom. The molecule has 0 saturated carbocycles. The van der Waals surface area contributed by atoms with Gasteiger partial charge in [-0.05, 0) is 30.4 Å². The predicted molar refractivity (Wildman–Crippen MR) is 96.1 cm³/mol. The second kappa shape index (κ2) is 6.17. The number of carbonyl (C=O) groups excluding carboxylic acids is 1. The average molecular weight is 321 g/mol. The molecule has 0 spiro atoms. The summed E-state index contributed by atoms with van der Waals surface area (Å²) >= 11 is 1.66. The highest BCUT2D eigenvalue weighted by Gasteiger charge is 2.25. The number of fused-ring (bicyclic) bond motifs is 1. The summed E-state index contributed by atoms with van der Waals surface area (Å²) in [6, 6.07) is 18.8. The van der Waals surface area contributed by atoms with Crippen LogP contribution in [0, 0.1) is 0 Å². The molecule has 2 heterocycles. The molecule has 23 heavy (non-hydrogen) atoms. The zero-order valence-electron chi connectivity index (χ0n) is 12.9. The zero-order valence-corrected chi connectivity index (χ0v) is 13.8. The van der Waals surface area contributed by atoms with Gasteiger partial charge in [0.15, 0.2) is 0 Å². The van der Waals surface area contributed by atoms with Crippen LogP contribution in [0.5, 0.6) is 0 Å². The summed E-state index contributed by atoms with van der Waals surface area (Å²) in [6.45, 7) is 1.70. The maximum Gasteiger partial charge on any atom is 0.255 e. The van der Waals surface area contributed by atoms with Crippen LogP contribution in [0.15, 0.2) is 60.0 Å². The Labute approximate surface area is 140 Å². The van der Waals surface area contributed by atoms with Crippen LogP contribution in [-0.4, -0.2) is 23.9 Å². The van der Waals surface area contributed by atoms with Crippen molar-refractivity contribution >= 4 is 27.3 Å². The lowest BCUT2D eigenvalue weighted by atomic mass is 9.89. The van der Waals surface area contributed by atoms with Crippen molar-refractivity contribution in [1.29, 1.82) is 0 Å². The molecule has 0 atom stereocenters. The molecule has 0 bridgehead atoms. The lowest BCUT2D eigenvalue weighted by molar-refractivity contribution is 0.0715. The van der Waals surface area contributed by atoms with Gasteiger partial charge in [-0.3, -0.25) is 4.79 Å². The molecule has 3 aromatic rings. The maximum atomic E-state index is 12.9. The quantitative estimate of drug-likeness (QED) is 0.656. The molecular weight excluding hydrogens is 302 g/mol. The predicted octanol–water partition coefficient (Wildman–Crippen LogP) is 4.92. The van der Waals surface area contributed by atoms with E-state index in [1.54, 1.807) is 11.3 Å². The number of hydrogen-bond donors (Lipinski definition) is 0. The Balaban J connectivity index is 1.49. The topological polar surface area (TPSA) is 20.3 Å². The van der Waals surface area contributed by atoms with E-state index >= 15 is 0 Å². The number of carbonyl (C=O) groups is 1. The standard InChI is InChI=1S/C20H19NOS/c22-20(18-14-23-19-9-5-4-8-17(18)19)21-12-10-16(11-13-21)15-6-2-1-3-7-15/h1-9,14,16H,10-13H2. The second-order valence-electron chi connectivity index (χ2n) is 6.12. The molecule has 4 rings (SSSR count). The lowest BCUT2D eigenvalue weighted by Gasteiger charge is -2.32. The molecule has 0 unspecified atom stereocenters. The molecule has 2 aromatic carbocycles. The van der Waals surface area contributed by atoms with Crippen molar-refractivity contribution in [3.8, 4) is 0 Å². The van der Waals surface area contributed by atoms with E-state index in [9.17, 15) is 4.79 Å². The minimum atomic E-state index is 0.189. The van der Waals surface area contributed by atoms with Crippen molar-refractivity contribution in [1.82, 2.24) is 4.90 Å². The number of nitrogens with zero attached hydrogens (tertiary/aromatic N) is 1. The van der Waals surface area contributed by atoms with Gasteiger partial charge in [0.05, 0.1) is 5.56 Å². The van der Waals surface area contributed by atoms with Gasteiger partial charge in [0, 0.05) is 28.6 Å². The summed E-state index contributed by atoms with van der Waals surface area (Å²) < 4.78 is 1.19. The van der Waals surface area contributed by atoms with Crippen LogP contribution in [-0.2, 0) is 0 Å². The third-order valence-electron chi connectivity index (χ3n) is 4.76. The SMILES string of the molecule is O=C(c1csc2ccccc12)N1CCC(c2ccccc2)CC1. The van der Waals surface area contributed by atoms with E-state index in [4.69, 9.17) is 0 Å². The fourth-order valence-electron chi connectivity index (χ4n) is 3.45. The first-order valence-corrected chi connectivity index (χ1v) is 9.01. The number of thiophene rings is 1. The van der Waals surface area contributed by atoms with Gasteiger partial charge in [0.2, 0.25) is 0 Å². The van der Waals surface area contributed by atoms with E-state index < -0.39 is 0 Å². The second-order valence-corrected chi connectivity index (χ2v) is 7.03. The van der Waals surface area contributed by atoms with Crippen molar-refractivity contribution < 1.29 is 4.79 Å². The van der Waals surface area contributed by atoms with Crippen molar-refractivity contribution in [2.45, 2.75) is 18.8 Å². The van der Waals surface area contributed by atoms with Crippen molar-refractivity contribution in [2.75, 3.05) is 13.1 Å². The largest absolute Gasteiger partial charge is 0.339 e. The number of piperidine rings is 1. The monoisotopic (exact) mass is 321 g/mol. The van der Waals surface area contributed by atoms with Crippen LogP contribution < -0.4 is 0 Å². The Bertz CT molecular complexity index is 816. The van der Waals surface area contributed by atoms with Crippen LogP contribution in [0.4, 0.5) is 0 Å². The summed E-state index contributed by atoms with van der Waals surface area (Å²) in [5.74, 6) is 0.772. The molecule has 0 N–H and O–H groups in total. The van der Waals surface area contributed by atoms with E-state index in [2.05, 4.69) is 42.5 Å². The Hall–Kier alpha value is -2.13.